The number of hydrogen-bond acceptors (Lipinski definition) is 4. The van der Waals surface area contributed by atoms with Gasteiger partial charge < -0.3 is 20.5 Å². The second-order valence-electron chi connectivity index (χ2n) is 5.40. The fraction of sp³-hybridized carbons (Fsp3) is 0.0588. The summed E-state index contributed by atoms with van der Waals surface area (Å²) in [5, 5.41) is 18.6. The quantitative estimate of drug-likeness (QED) is 0.498. The number of hydrogen-bond donors (Lipinski definition) is 3. The van der Waals surface area contributed by atoms with Gasteiger partial charge in [-0.1, -0.05) is 30.3 Å². The normalized spacial score (nSPS) is 11.0. The summed E-state index contributed by atoms with van der Waals surface area (Å²) >= 11 is 0. The van der Waals surface area contributed by atoms with Gasteiger partial charge in [0.25, 0.3) is 0 Å². The number of nitrogen functional groups attached to an aromatic ring is 1. The summed E-state index contributed by atoms with van der Waals surface area (Å²) in [5.41, 5.74) is 3.20. The first-order valence-corrected chi connectivity index (χ1v) is 7.12. The van der Waals surface area contributed by atoms with Crippen molar-refractivity contribution in [2.45, 2.75) is 6.54 Å². The Hall–Kier alpha value is -3.42. The maximum Gasteiger partial charge on any atom is 0.341 e. The van der Waals surface area contributed by atoms with E-state index in [-0.39, 0.29) is 12.1 Å². The molecule has 1 heterocycles. The number of carbonyl (C=O) groups is 1. The Morgan fingerprint density at radius 1 is 1.16 bits per heavy atom. The van der Waals surface area contributed by atoms with E-state index < -0.39 is 45.4 Å². The molecule has 25 heavy (non-hydrogen) atoms. The zero-order chi connectivity index (χ0) is 18.3. The third-order valence-electron chi connectivity index (χ3n) is 3.84. The summed E-state index contributed by atoms with van der Waals surface area (Å²) in [6.45, 7) is 0.00989. The Kier molecular flexibility index (Phi) is 3.88. The van der Waals surface area contributed by atoms with Gasteiger partial charge in [0, 0.05) is 12.7 Å². The largest absolute Gasteiger partial charge is 0.503 e. The third-order valence-corrected chi connectivity index (χ3v) is 3.84. The molecule has 0 aliphatic carbocycles. The zero-order valence-corrected chi connectivity index (χ0v) is 12.7. The van der Waals surface area contributed by atoms with Crippen LogP contribution < -0.4 is 11.2 Å². The molecule has 3 rings (SSSR count). The number of rotatable bonds is 3. The van der Waals surface area contributed by atoms with E-state index in [2.05, 4.69) is 0 Å². The van der Waals surface area contributed by atoms with Gasteiger partial charge in [-0.15, -0.1) is 0 Å². The highest BCUT2D eigenvalue weighted by molar-refractivity contribution is 5.99. The smallest absolute Gasteiger partial charge is 0.341 e. The van der Waals surface area contributed by atoms with Crippen LogP contribution in [-0.2, 0) is 6.54 Å². The second-order valence-corrected chi connectivity index (χ2v) is 5.40. The first-order chi connectivity index (χ1) is 11.8. The van der Waals surface area contributed by atoms with Gasteiger partial charge in [0.05, 0.1) is 11.1 Å². The van der Waals surface area contributed by atoms with E-state index in [1.807, 2.05) is 0 Å². The van der Waals surface area contributed by atoms with Crippen LogP contribution in [0.15, 0.2) is 41.3 Å². The second kappa shape index (κ2) is 5.90. The van der Waals surface area contributed by atoms with Crippen LogP contribution in [0.4, 0.5) is 14.5 Å². The number of halogens is 2. The summed E-state index contributed by atoms with van der Waals surface area (Å²) in [6, 6.07) is 8.65. The van der Waals surface area contributed by atoms with Crippen LogP contribution >= 0.6 is 0 Å². The minimum Gasteiger partial charge on any atom is -0.503 e. The van der Waals surface area contributed by atoms with Crippen LogP contribution in [0.1, 0.15) is 15.9 Å². The van der Waals surface area contributed by atoms with Crippen LogP contribution in [0, 0.1) is 11.6 Å². The van der Waals surface area contributed by atoms with E-state index >= 15 is 0 Å². The molecular formula is C17H12F2N2O4. The van der Waals surface area contributed by atoms with Gasteiger partial charge in [0.1, 0.15) is 11.1 Å². The molecule has 128 valence electrons. The van der Waals surface area contributed by atoms with Gasteiger partial charge >= 0.3 is 5.97 Å². The zero-order valence-electron chi connectivity index (χ0n) is 12.7. The van der Waals surface area contributed by atoms with Crippen molar-refractivity contribution >= 4 is 22.6 Å². The number of nitrogens with zero attached hydrogens (tertiary/aromatic N) is 1. The van der Waals surface area contributed by atoms with Gasteiger partial charge in [0.15, 0.2) is 11.6 Å². The molecule has 0 aliphatic rings. The predicted molar refractivity (Wildman–Crippen MR) is 86.7 cm³/mol. The van der Waals surface area contributed by atoms with Gasteiger partial charge in [-0.05, 0) is 5.56 Å². The summed E-state index contributed by atoms with van der Waals surface area (Å²) in [7, 11) is 0. The van der Waals surface area contributed by atoms with Gasteiger partial charge in [-0.25, -0.2) is 9.18 Å². The Bertz CT molecular complexity index is 1060. The number of benzene rings is 2. The van der Waals surface area contributed by atoms with Crippen molar-refractivity contribution in [2.24, 2.45) is 0 Å². The van der Waals surface area contributed by atoms with Crippen molar-refractivity contribution in [1.82, 2.24) is 4.57 Å². The lowest BCUT2D eigenvalue weighted by Crippen LogP contribution is -2.21. The number of aromatic nitrogens is 1. The minimum atomic E-state index is -1.60. The van der Waals surface area contributed by atoms with Crippen LogP contribution in [0.5, 0.6) is 5.75 Å². The SMILES string of the molecule is Nc1c(F)c(F)c(O)c2c1c(=O)c(C(=O)O)cn2Cc1ccccc1. The molecule has 6 nitrogen and oxygen atoms in total. The number of anilines is 1. The number of aromatic hydroxyl groups is 1. The molecule has 0 aliphatic heterocycles. The van der Waals surface area contributed by atoms with Crippen LogP contribution in [-0.4, -0.2) is 20.7 Å². The molecule has 0 unspecified atom stereocenters. The molecule has 0 fully saturated rings. The Morgan fingerprint density at radius 2 is 1.80 bits per heavy atom. The number of nitrogens with two attached hydrogens (primary N) is 1. The van der Waals surface area contributed by atoms with Crippen molar-refractivity contribution in [3.63, 3.8) is 0 Å². The average Bonchev–Trinajstić information content (AvgIpc) is 2.59. The molecule has 2 aromatic carbocycles. The van der Waals surface area contributed by atoms with E-state index in [9.17, 15) is 28.6 Å². The summed E-state index contributed by atoms with van der Waals surface area (Å²) in [4.78, 5) is 23.7. The highest BCUT2D eigenvalue weighted by atomic mass is 19.2. The maximum atomic E-state index is 13.9. The lowest BCUT2D eigenvalue weighted by molar-refractivity contribution is 0.0695. The first kappa shape index (κ1) is 16.4. The molecule has 0 bridgehead atoms. The fourth-order valence-corrected chi connectivity index (χ4v) is 2.66. The molecule has 0 atom stereocenters. The molecule has 0 radical (unpaired) electrons. The molecule has 4 N–H and O–H groups in total. The molecule has 0 spiro atoms. The number of phenolic OH excluding ortho intramolecular Hbond substituents is 1. The molecule has 8 heteroatoms. The van der Waals surface area contributed by atoms with Crippen molar-refractivity contribution in [3.8, 4) is 5.75 Å². The summed E-state index contributed by atoms with van der Waals surface area (Å²) in [5.74, 6) is -5.85. The Morgan fingerprint density at radius 3 is 2.40 bits per heavy atom. The van der Waals surface area contributed by atoms with Crippen molar-refractivity contribution in [3.05, 3.63) is 69.5 Å². The number of phenols is 1. The summed E-state index contributed by atoms with van der Waals surface area (Å²) < 4.78 is 28.9. The van der Waals surface area contributed by atoms with E-state index in [4.69, 9.17) is 5.73 Å². The molecular weight excluding hydrogens is 334 g/mol. The van der Waals surface area contributed by atoms with Crippen molar-refractivity contribution < 1.29 is 23.8 Å². The third kappa shape index (κ3) is 2.57. The molecule has 0 saturated heterocycles. The Balaban J connectivity index is 2.45. The monoisotopic (exact) mass is 346 g/mol. The molecule has 3 aromatic rings. The van der Waals surface area contributed by atoms with Crippen molar-refractivity contribution in [2.75, 3.05) is 5.73 Å². The standard InChI is InChI=1S/C17H12F2N2O4/c18-11-12(19)16(23)14-10(13(11)20)15(22)9(17(24)25)7-21(14)6-8-4-2-1-3-5-8/h1-5,7,23H,6,20H2,(H,24,25). The predicted octanol–water partition coefficient (Wildman–Crippen LogP) is 2.31. The van der Waals surface area contributed by atoms with Crippen molar-refractivity contribution in [1.29, 1.82) is 0 Å². The lowest BCUT2D eigenvalue weighted by Gasteiger charge is -2.16. The lowest BCUT2D eigenvalue weighted by atomic mass is 10.1. The summed E-state index contributed by atoms with van der Waals surface area (Å²) in [6.07, 6.45) is 0.969. The first-order valence-electron chi connectivity index (χ1n) is 7.12. The average molecular weight is 346 g/mol. The maximum absolute atomic E-state index is 13.9. The number of pyridine rings is 1. The highest BCUT2D eigenvalue weighted by Gasteiger charge is 2.25. The topological polar surface area (TPSA) is 106 Å². The number of carboxylic acid groups (broad SMARTS) is 1. The van der Waals surface area contributed by atoms with Gasteiger partial charge in [-0.3, -0.25) is 4.79 Å². The van der Waals surface area contributed by atoms with Gasteiger partial charge in [-0.2, -0.15) is 4.39 Å². The minimum absolute atomic E-state index is 0.00989. The van der Waals surface area contributed by atoms with E-state index in [1.165, 1.54) is 0 Å². The fourth-order valence-electron chi connectivity index (χ4n) is 2.66. The number of fused-ring (bicyclic) bond motifs is 1. The van der Waals surface area contributed by atoms with Crippen LogP contribution in [0.25, 0.3) is 10.9 Å². The van der Waals surface area contributed by atoms with E-state index in [0.717, 1.165) is 10.8 Å². The van der Waals surface area contributed by atoms with E-state index in [0.29, 0.717) is 5.56 Å². The van der Waals surface area contributed by atoms with Crippen LogP contribution in [0.2, 0.25) is 0 Å². The molecule has 1 aromatic heterocycles. The van der Waals surface area contributed by atoms with Crippen LogP contribution in [0.3, 0.4) is 0 Å². The number of carboxylic acids is 1. The van der Waals surface area contributed by atoms with Gasteiger partial charge in [0.2, 0.25) is 11.2 Å². The van der Waals surface area contributed by atoms with E-state index in [1.54, 1.807) is 30.3 Å². The highest BCUT2D eigenvalue weighted by Crippen LogP contribution is 2.34. The molecule has 0 saturated carbocycles. The Labute approximate surface area is 139 Å². The number of aromatic carboxylic acids is 1. The molecule has 0 amide bonds.